The molecule has 1 aliphatic heterocycles. The normalized spacial score (nSPS) is 16.3. The van der Waals surface area contributed by atoms with Crippen molar-refractivity contribution in [3.8, 4) is 0 Å². The number of nitrogens with one attached hydrogen (secondary N) is 2. The number of carbonyl (C=O) groups is 3. The maximum atomic E-state index is 12.7. The van der Waals surface area contributed by atoms with E-state index in [1.54, 1.807) is 37.1 Å². The van der Waals surface area contributed by atoms with Crippen molar-refractivity contribution < 1.29 is 14.4 Å². The number of amides is 3. The minimum Gasteiger partial charge on any atom is -0.355 e. The van der Waals surface area contributed by atoms with Crippen molar-refractivity contribution in [3.05, 3.63) is 65.2 Å². The zero-order valence-corrected chi connectivity index (χ0v) is 15.5. The Morgan fingerprint density at radius 1 is 1.11 bits per heavy atom. The van der Waals surface area contributed by atoms with Gasteiger partial charge in [-0.3, -0.25) is 14.4 Å². The molecule has 1 aliphatic rings. The first kappa shape index (κ1) is 18.6. The molecule has 1 fully saturated rings. The maximum absolute atomic E-state index is 12.7. The van der Waals surface area contributed by atoms with Crippen molar-refractivity contribution in [1.29, 1.82) is 0 Å². The number of rotatable bonds is 5. The van der Waals surface area contributed by atoms with E-state index in [9.17, 15) is 14.4 Å². The van der Waals surface area contributed by atoms with Crippen molar-refractivity contribution >= 4 is 23.4 Å². The standard InChI is InChI=1S/C21H23N3O3/c1-14-17(21(27)22-2)9-6-10-18(14)23-20(26)16-11-19(25)24(13-16)12-15-7-4-3-5-8-15/h3-10,16H,11-13H2,1-2H3,(H,22,27)(H,23,26). The molecular formula is C21H23N3O3. The summed E-state index contributed by atoms with van der Waals surface area (Å²) in [6, 6.07) is 14.9. The lowest BCUT2D eigenvalue weighted by Gasteiger charge is -2.17. The van der Waals surface area contributed by atoms with Crippen LogP contribution in [-0.2, 0) is 16.1 Å². The molecular weight excluding hydrogens is 342 g/mol. The van der Waals surface area contributed by atoms with Gasteiger partial charge in [0.2, 0.25) is 11.8 Å². The third-order valence-corrected chi connectivity index (χ3v) is 4.86. The largest absolute Gasteiger partial charge is 0.355 e. The molecule has 3 amide bonds. The number of nitrogens with zero attached hydrogens (tertiary/aromatic N) is 1. The van der Waals surface area contributed by atoms with E-state index in [0.717, 1.165) is 5.56 Å². The van der Waals surface area contributed by atoms with Crippen LogP contribution in [0.4, 0.5) is 5.69 Å². The molecule has 6 heteroatoms. The second-order valence-corrected chi connectivity index (χ2v) is 6.71. The van der Waals surface area contributed by atoms with Crippen molar-refractivity contribution in [2.45, 2.75) is 19.9 Å². The Kier molecular flexibility index (Phi) is 5.54. The summed E-state index contributed by atoms with van der Waals surface area (Å²) in [6.07, 6.45) is 0.201. The van der Waals surface area contributed by atoms with Crippen LogP contribution < -0.4 is 10.6 Å². The van der Waals surface area contributed by atoms with E-state index in [-0.39, 0.29) is 24.1 Å². The highest BCUT2D eigenvalue weighted by molar-refractivity contribution is 6.01. The van der Waals surface area contributed by atoms with Gasteiger partial charge < -0.3 is 15.5 Å². The van der Waals surface area contributed by atoms with Crippen molar-refractivity contribution in [2.24, 2.45) is 5.92 Å². The summed E-state index contributed by atoms with van der Waals surface area (Å²) in [5.41, 5.74) is 2.86. The molecule has 0 radical (unpaired) electrons. The Labute approximate surface area is 158 Å². The van der Waals surface area contributed by atoms with Gasteiger partial charge in [0.25, 0.3) is 5.91 Å². The van der Waals surface area contributed by atoms with E-state index in [2.05, 4.69) is 10.6 Å². The van der Waals surface area contributed by atoms with E-state index in [4.69, 9.17) is 0 Å². The summed E-state index contributed by atoms with van der Waals surface area (Å²) >= 11 is 0. The smallest absolute Gasteiger partial charge is 0.251 e. The topological polar surface area (TPSA) is 78.5 Å². The fourth-order valence-corrected chi connectivity index (χ4v) is 3.29. The van der Waals surface area contributed by atoms with E-state index in [0.29, 0.717) is 29.9 Å². The third kappa shape index (κ3) is 4.16. The van der Waals surface area contributed by atoms with Crippen molar-refractivity contribution in [1.82, 2.24) is 10.2 Å². The SMILES string of the molecule is CNC(=O)c1cccc(NC(=O)C2CC(=O)N(Cc3ccccc3)C2)c1C. The Morgan fingerprint density at radius 3 is 2.56 bits per heavy atom. The number of anilines is 1. The molecule has 2 aromatic rings. The minimum atomic E-state index is -0.399. The van der Waals surface area contributed by atoms with Gasteiger partial charge in [-0.25, -0.2) is 0 Å². The summed E-state index contributed by atoms with van der Waals surface area (Å²) in [7, 11) is 1.57. The maximum Gasteiger partial charge on any atom is 0.251 e. The van der Waals surface area contributed by atoms with Crippen LogP contribution in [0.1, 0.15) is 27.9 Å². The van der Waals surface area contributed by atoms with E-state index in [1.165, 1.54) is 0 Å². The van der Waals surface area contributed by atoms with Gasteiger partial charge in [-0.05, 0) is 30.2 Å². The van der Waals surface area contributed by atoms with Gasteiger partial charge >= 0.3 is 0 Å². The Hall–Kier alpha value is -3.15. The number of hydrogen-bond acceptors (Lipinski definition) is 3. The third-order valence-electron chi connectivity index (χ3n) is 4.86. The van der Waals surface area contributed by atoms with Crippen LogP contribution in [0.25, 0.3) is 0 Å². The van der Waals surface area contributed by atoms with Crippen molar-refractivity contribution in [2.75, 3.05) is 18.9 Å². The molecule has 27 heavy (non-hydrogen) atoms. The van der Waals surface area contributed by atoms with Gasteiger partial charge in [0.05, 0.1) is 5.92 Å². The second-order valence-electron chi connectivity index (χ2n) is 6.71. The predicted octanol–water partition coefficient (Wildman–Crippen LogP) is 2.34. The number of hydrogen-bond donors (Lipinski definition) is 2. The number of carbonyl (C=O) groups excluding carboxylic acids is 3. The molecule has 0 aromatic heterocycles. The molecule has 3 rings (SSSR count). The highest BCUT2D eigenvalue weighted by atomic mass is 16.2. The lowest BCUT2D eigenvalue weighted by Crippen LogP contribution is -2.28. The van der Waals surface area contributed by atoms with E-state index < -0.39 is 5.92 Å². The van der Waals surface area contributed by atoms with Crippen LogP contribution >= 0.6 is 0 Å². The lowest BCUT2D eigenvalue weighted by molar-refractivity contribution is -0.128. The first-order valence-corrected chi connectivity index (χ1v) is 8.94. The van der Waals surface area contributed by atoms with Gasteiger partial charge in [0.15, 0.2) is 0 Å². The molecule has 1 atom stereocenters. The number of likely N-dealkylation sites (tertiary alicyclic amines) is 1. The summed E-state index contributed by atoms with van der Waals surface area (Å²) in [5, 5.41) is 5.47. The fourth-order valence-electron chi connectivity index (χ4n) is 3.29. The van der Waals surface area contributed by atoms with E-state index >= 15 is 0 Å². The zero-order chi connectivity index (χ0) is 19.4. The average molecular weight is 365 g/mol. The molecule has 1 saturated heterocycles. The van der Waals surface area contributed by atoms with Crippen LogP contribution in [0.2, 0.25) is 0 Å². The fraction of sp³-hybridized carbons (Fsp3) is 0.286. The molecule has 140 valence electrons. The average Bonchev–Trinajstić information content (AvgIpc) is 3.04. The van der Waals surface area contributed by atoms with Gasteiger partial charge in [-0.15, -0.1) is 0 Å². The molecule has 0 spiro atoms. The van der Waals surface area contributed by atoms with Crippen molar-refractivity contribution in [3.63, 3.8) is 0 Å². The van der Waals surface area contributed by atoms with Crippen LogP contribution in [0.15, 0.2) is 48.5 Å². The van der Waals surface area contributed by atoms with Gasteiger partial charge in [-0.2, -0.15) is 0 Å². The molecule has 0 aliphatic carbocycles. The number of benzene rings is 2. The molecule has 1 heterocycles. The first-order chi connectivity index (χ1) is 13.0. The zero-order valence-electron chi connectivity index (χ0n) is 15.5. The Bertz CT molecular complexity index is 864. The van der Waals surface area contributed by atoms with Crippen LogP contribution in [0.3, 0.4) is 0 Å². The summed E-state index contributed by atoms with van der Waals surface area (Å²) in [5.74, 6) is -0.816. The lowest BCUT2D eigenvalue weighted by atomic mass is 10.0. The van der Waals surface area contributed by atoms with Gasteiger partial charge in [0.1, 0.15) is 0 Å². The quantitative estimate of drug-likeness (QED) is 0.854. The van der Waals surface area contributed by atoms with Gasteiger partial charge in [-0.1, -0.05) is 36.4 Å². The predicted molar refractivity (Wildman–Crippen MR) is 103 cm³/mol. The van der Waals surface area contributed by atoms with Crippen LogP contribution in [-0.4, -0.2) is 36.2 Å². The van der Waals surface area contributed by atoms with Crippen LogP contribution in [0.5, 0.6) is 0 Å². The molecule has 0 bridgehead atoms. The van der Waals surface area contributed by atoms with Crippen LogP contribution in [0, 0.1) is 12.8 Å². The Morgan fingerprint density at radius 2 is 1.85 bits per heavy atom. The summed E-state index contributed by atoms with van der Waals surface area (Å²) < 4.78 is 0. The highest BCUT2D eigenvalue weighted by Gasteiger charge is 2.34. The monoisotopic (exact) mass is 365 g/mol. The Balaban J connectivity index is 1.67. The summed E-state index contributed by atoms with van der Waals surface area (Å²) in [6.45, 7) is 2.70. The first-order valence-electron chi connectivity index (χ1n) is 8.94. The van der Waals surface area contributed by atoms with Gasteiger partial charge in [0, 0.05) is 37.8 Å². The molecule has 6 nitrogen and oxygen atoms in total. The summed E-state index contributed by atoms with van der Waals surface area (Å²) in [4.78, 5) is 38.6. The molecule has 2 N–H and O–H groups in total. The minimum absolute atomic E-state index is 0.0187. The van der Waals surface area contributed by atoms with E-state index in [1.807, 2.05) is 30.3 Å². The second kappa shape index (κ2) is 8.03. The molecule has 2 aromatic carbocycles. The molecule has 0 saturated carbocycles. The molecule has 1 unspecified atom stereocenters. The highest BCUT2D eigenvalue weighted by Crippen LogP contribution is 2.24.